The van der Waals surface area contributed by atoms with Gasteiger partial charge in [-0.05, 0) is 6.42 Å². The number of benzene rings is 1. The minimum atomic E-state index is -0.131. The van der Waals surface area contributed by atoms with Crippen molar-refractivity contribution < 1.29 is 10.0 Å². The average Bonchev–Trinajstić information content (AvgIpc) is 2.44. The number of nitrogens with zero attached hydrogens (tertiary/aromatic N) is 2. The Hall–Kier alpha value is -2.17. The predicted octanol–water partition coefficient (Wildman–Crippen LogP) is 2.55. The lowest BCUT2D eigenvalue weighted by molar-refractivity contribution is -0.121. The highest BCUT2D eigenvalue weighted by Crippen LogP contribution is 2.01. The van der Waals surface area contributed by atoms with Gasteiger partial charge in [-0.2, -0.15) is 5.10 Å². The van der Waals surface area contributed by atoms with Crippen LogP contribution < -0.4 is 5.43 Å². The smallest absolute Gasteiger partial charge is 0.240 e. The van der Waals surface area contributed by atoms with Crippen molar-refractivity contribution >= 4 is 17.8 Å². The van der Waals surface area contributed by atoms with Gasteiger partial charge in [0.05, 0.1) is 6.21 Å². The van der Waals surface area contributed by atoms with Gasteiger partial charge in [0.25, 0.3) is 0 Å². The molecule has 1 aromatic rings. The van der Waals surface area contributed by atoms with Gasteiger partial charge < -0.3 is 5.21 Å². The number of carbonyl (C=O) groups excluding carboxylic acids is 1. The fourth-order valence-electron chi connectivity index (χ4n) is 1.55. The zero-order valence-corrected chi connectivity index (χ0v) is 11.0. The van der Waals surface area contributed by atoms with Crippen molar-refractivity contribution in [2.75, 3.05) is 0 Å². The molecule has 0 aliphatic heterocycles. The van der Waals surface area contributed by atoms with Crippen LogP contribution in [0.15, 0.2) is 40.6 Å². The first-order valence-corrected chi connectivity index (χ1v) is 6.37. The molecule has 0 saturated heterocycles. The highest BCUT2D eigenvalue weighted by Gasteiger charge is 2.03. The average molecular weight is 261 g/mol. The number of hydrogen-bond acceptors (Lipinski definition) is 4. The molecule has 1 amide bonds. The van der Waals surface area contributed by atoms with Crippen LogP contribution in [0.5, 0.6) is 0 Å². The van der Waals surface area contributed by atoms with Crippen molar-refractivity contribution in [3.05, 3.63) is 35.9 Å². The summed E-state index contributed by atoms with van der Waals surface area (Å²) in [7, 11) is 0. The van der Waals surface area contributed by atoms with Gasteiger partial charge in [-0.3, -0.25) is 4.79 Å². The maximum absolute atomic E-state index is 11.5. The molecule has 0 unspecified atom stereocenters. The van der Waals surface area contributed by atoms with Crippen LogP contribution in [0.25, 0.3) is 0 Å². The number of rotatable bonds is 7. The molecule has 5 heteroatoms. The van der Waals surface area contributed by atoms with Gasteiger partial charge >= 0.3 is 0 Å². The molecule has 102 valence electrons. The number of carbonyl (C=O) groups is 1. The van der Waals surface area contributed by atoms with E-state index < -0.39 is 0 Å². The number of hydrazone groups is 1. The molecule has 0 aromatic heterocycles. The zero-order valence-electron chi connectivity index (χ0n) is 11.0. The van der Waals surface area contributed by atoms with Gasteiger partial charge in [0.2, 0.25) is 5.91 Å². The minimum absolute atomic E-state index is 0.131. The summed E-state index contributed by atoms with van der Waals surface area (Å²) in [5.74, 6) is -0.131. The van der Waals surface area contributed by atoms with E-state index in [0.717, 1.165) is 24.8 Å². The maximum Gasteiger partial charge on any atom is 0.240 e. The Morgan fingerprint density at radius 3 is 2.68 bits per heavy atom. The van der Waals surface area contributed by atoms with Crippen LogP contribution in [0.2, 0.25) is 0 Å². The summed E-state index contributed by atoms with van der Waals surface area (Å²) in [6.07, 6.45) is 4.60. The van der Waals surface area contributed by atoms with Crippen LogP contribution >= 0.6 is 0 Å². The van der Waals surface area contributed by atoms with Crippen molar-refractivity contribution in [2.45, 2.75) is 32.6 Å². The quantitative estimate of drug-likeness (QED) is 0.342. The SMILES string of the molecule is CCCCCC(=O)NN=C(C=NO)c1ccccc1. The fraction of sp³-hybridized carbons (Fsp3) is 0.357. The van der Waals surface area contributed by atoms with Gasteiger partial charge in [-0.15, -0.1) is 0 Å². The highest BCUT2D eigenvalue weighted by atomic mass is 16.4. The summed E-state index contributed by atoms with van der Waals surface area (Å²) in [5, 5.41) is 15.5. The summed E-state index contributed by atoms with van der Waals surface area (Å²) >= 11 is 0. The molecule has 0 saturated carbocycles. The van der Waals surface area contributed by atoms with Crippen molar-refractivity contribution in [1.29, 1.82) is 0 Å². The molecule has 5 nitrogen and oxygen atoms in total. The molecule has 0 radical (unpaired) electrons. The molecular formula is C14H19N3O2. The Labute approximate surface area is 113 Å². The number of hydrogen-bond donors (Lipinski definition) is 2. The Balaban J connectivity index is 2.62. The van der Waals surface area contributed by atoms with E-state index in [-0.39, 0.29) is 5.91 Å². The lowest BCUT2D eigenvalue weighted by Gasteiger charge is -2.02. The lowest BCUT2D eigenvalue weighted by Crippen LogP contribution is -2.20. The second-order valence-electron chi connectivity index (χ2n) is 4.10. The third-order valence-corrected chi connectivity index (χ3v) is 2.56. The predicted molar refractivity (Wildman–Crippen MR) is 75.5 cm³/mol. The van der Waals surface area contributed by atoms with Crippen LogP contribution in [0.1, 0.15) is 38.2 Å². The Morgan fingerprint density at radius 2 is 2.05 bits per heavy atom. The largest absolute Gasteiger partial charge is 0.411 e. The normalized spacial score (nSPS) is 11.7. The zero-order chi connectivity index (χ0) is 13.9. The van der Waals surface area contributed by atoms with Crippen LogP contribution in [0.3, 0.4) is 0 Å². The molecular weight excluding hydrogens is 242 g/mol. The van der Waals surface area contributed by atoms with Crippen molar-refractivity contribution in [1.82, 2.24) is 5.43 Å². The topological polar surface area (TPSA) is 74.0 Å². The maximum atomic E-state index is 11.5. The van der Waals surface area contributed by atoms with Crippen LogP contribution in [-0.2, 0) is 4.79 Å². The number of oxime groups is 1. The first-order valence-electron chi connectivity index (χ1n) is 6.37. The monoisotopic (exact) mass is 261 g/mol. The molecule has 0 aliphatic rings. The Bertz CT molecular complexity index is 441. The van der Waals surface area contributed by atoms with E-state index in [1.807, 2.05) is 30.3 Å². The lowest BCUT2D eigenvalue weighted by atomic mass is 10.1. The highest BCUT2D eigenvalue weighted by molar-refractivity contribution is 6.38. The number of nitrogens with one attached hydrogen (secondary N) is 1. The van der Waals surface area contributed by atoms with E-state index in [2.05, 4.69) is 22.6 Å². The standard InChI is InChI=1S/C14H19N3O2/c1-2-3-5-10-14(18)17-16-13(11-15-19)12-8-6-4-7-9-12/h4,6-9,11,19H,2-3,5,10H2,1H3,(H,17,18). The first kappa shape index (κ1) is 14.9. The van der Waals surface area contributed by atoms with Gasteiger partial charge in [-0.25, -0.2) is 5.43 Å². The molecule has 0 atom stereocenters. The molecule has 19 heavy (non-hydrogen) atoms. The molecule has 1 rings (SSSR count). The third-order valence-electron chi connectivity index (χ3n) is 2.56. The first-order chi connectivity index (χ1) is 9.27. The van der Waals surface area contributed by atoms with Crippen molar-refractivity contribution in [2.24, 2.45) is 10.3 Å². The Kier molecular flexibility index (Phi) is 6.94. The molecule has 0 fully saturated rings. The third kappa shape index (κ3) is 5.81. The van der Waals surface area contributed by atoms with Gasteiger partial charge in [0, 0.05) is 12.0 Å². The van der Waals surface area contributed by atoms with E-state index in [0.29, 0.717) is 12.1 Å². The second-order valence-corrected chi connectivity index (χ2v) is 4.10. The summed E-state index contributed by atoms with van der Waals surface area (Å²) in [6.45, 7) is 2.08. The molecule has 1 aromatic carbocycles. The van der Waals surface area contributed by atoms with E-state index in [4.69, 9.17) is 5.21 Å². The van der Waals surface area contributed by atoms with E-state index in [1.54, 1.807) is 0 Å². The van der Waals surface area contributed by atoms with E-state index >= 15 is 0 Å². The second kappa shape index (κ2) is 8.85. The summed E-state index contributed by atoms with van der Waals surface area (Å²) in [5.41, 5.74) is 3.65. The summed E-state index contributed by atoms with van der Waals surface area (Å²) in [6, 6.07) is 9.21. The van der Waals surface area contributed by atoms with Gasteiger partial charge in [0.15, 0.2) is 0 Å². The molecule has 2 N–H and O–H groups in total. The minimum Gasteiger partial charge on any atom is -0.411 e. The van der Waals surface area contributed by atoms with Crippen molar-refractivity contribution in [3.8, 4) is 0 Å². The molecule has 0 spiro atoms. The van der Waals surface area contributed by atoms with Crippen molar-refractivity contribution in [3.63, 3.8) is 0 Å². The van der Waals surface area contributed by atoms with Crippen LogP contribution in [0.4, 0.5) is 0 Å². The molecule has 0 aliphatic carbocycles. The van der Waals surface area contributed by atoms with Gasteiger partial charge in [-0.1, -0.05) is 55.3 Å². The molecule has 0 bridgehead atoms. The Morgan fingerprint density at radius 1 is 1.32 bits per heavy atom. The fourth-order valence-corrected chi connectivity index (χ4v) is 1.55. The number of amides is 1. The number of unbranched alkanes of at least 4 members (excludes halogenated alkanes) is 2. The van der Waals surface area contributed by atoms with Crippen LogP contribution in [0, 0.1) is 0 Å². The van der Waals surface area contributed by atoms with E-state index in [1.165, 1.54) is 6.21 Å². The molecule has 0 heterocycles. The van der Waals surface area contributed by atoms with Gasteiger partial charge in [0.1, 0.15) is 5.71 Å². The summed E-state index contributed by atoms with van der Waals surface area (Å²) in [4.78, 5) is 11.5. The van der Waals surface area contributed by atoms with E-state index in [9.17, 15) is 4.79 Å². The summed E-state index contributed by atoms with van der Waals surface area (Å²) < 4.78 is 0. The van der Waals surface area contributed by atoms with Crippen LogP contribution in [-0.4, -0.2) is 23.0 Å².